The second-order valence-electron chi connectivity index (χ2n) is 5.94. The zero-order valence-corrected chi connectivity index (χ0v) is 9.93. The van der Waals surface area contributed by atoms with Crippen molar-refractivity contribution in [1.82, 2.24) is 4.90 Å². The molecule has 0 N–H and O–H groups in total. The van der Waals surface area contributed by atoms with Crippen molar-refractivity contribution in [2.75, 3.05) is 20.1 Å². The first kappa shape index (κ1) is 11.5. The molecule has 0 atom stereocenters. The van der Waals surface area contributed by atoms with Crippen LogP contribution in [0.2, 0.25) is 0 Å². The van der Waals surface area contributed by atoms with Crippen molar-refractivity contribution >= 4 is 0 Å². The lowest BCUT2D eigenvalue weighted by atomic mass is 9.92. The smallest absolute Gasteiger partial charge is 0.0703 e. The molecule has 2 nitrogen and oxygen atoms in total. The molecular weight excluding hydrogens is 172 g/mol. The molecular formula is C12H22N2. The van der Waals surface area contributed by atoms with E-state index in [0.29, 0.717) is 5.41 Å². The SMILES string of the molecule is CN(CCC(C)(C)C)CC1(C#N)CC1. The highest BCUT2D eigenvalue weighted by Crippen LogP contribution is 2.45. The average Bonchev–Trinajstić information content (AvgIpc) is 2.81. The predicted octanol–water partition coefficient (Wildman–Crippen LogP) is 2.66. The summed E-state index contributed by atoms with van der Waals surface area (Å²) < 4.78 is 0. The number of hydrogen-bond donors (Lipinski definition) is 0. The number of nitrogens with zero attached hydrogens (tertiary/aromatic N) is 2. The van der Waals surface area contributed by atoms with E-state index in [0.717, 1.165) is 25.9 Å². The van der Waals surface area contributed by atoms with Gasteiger partial charge in [0.1, 0.15) is 0 Å². The summed E-state index contributed by atoms with van der Waals surface area (Å²) in [5.41, 5.74) is 0.421. The van der Waals surface area contributed by atoms with Crippen molar-refractivity contribution < 1.29 is 0 Å². The Kier molecular flexibility index (Phi) is 3.21. The third-order valence-corrected chi connectivity index (χ3v) is 2.91. The van der Waals surface area contributed by atoms with Gasteiger partial charge in [0.25, 0.3) is 0 Å². The van der Waals surface area contributed by atoms with Crippen LogP contribution in [0.5, 0.6) is 0 Å². The Balaban J connectivity index is 2.24. The Hall–Kier alpha value is -0.550. The fraction of sp³-hybridized carbons (Fsp3) is 0.917. The minimum atomic E-state index is 0.0205. The summed E-state index contributed by atoms with van der Waals surface area (Å²) in [6, 6.07) is 2.44. The van der Waals surface area contributed by atoms with Crippen molar-refractivity contribution in [2.45, 2.75) is 40.0 Å². The third kappa shape index (κ3) is 3.67. The van der Waals surface area contributed by atoms with Gasteiger partial charge in [0.2, 0.25) is 0 Å². The molecule has 1 rings (SSSR count). The lowest BCUT2D eigenvalue weighted by Gasteiger charge is -2.24. The fourth-order valence-electron chi connectivity index (χ4n) is 1.58. The lowest BCUT2D eigenvalue weighted by molar-refractivity contribution is 0.243. The second kappa shape index (κ2) is 3.90. The van der Waals surface area contributed by atoms with Gasteiger partial charge in [-0.3, -0.25) is 0 Å². The second-order valence-corrected chi connectivity index (χ2v) is 5.94. The van der Waals surface area contributed by atoms with Crippen LogP contribution in [0, 0.1) is 22.2 Å². The van der Waals surface area contributed by atoms with Gasteiger partial charge in [-0.1, -0.05) is 20.8 Å². The van der Waals surface area contributed by atoms with E-state index in [2.05, 4.69) is 38.8 Å². The molecule has 80 valence electrons. The van der Waals surface area contributed by atoms with Crippen LogP contribution in [0.1, 0.15) is 40.0 Å². The molecule has 0 spiro atoms. The summed E-state index contributed by atoms with van der Waals surface area (Å²) in [7, 11) is 2.13. The highest BCUT2D eigenvalue weighted by molar-refractivity contribution is 5.11. The molecule has 1 aliphatic carbocycles. The lowest BCUT2D eigenvalue weighted by Crippen LogP contribution is -2.29. The van der Waals surface area contributed by atoms with Crippen LogP contribution in [0.3, 0.4) is 0 Å². The summed E-state index contributed by atoms with van der Waals surface area (Å²) in [5.74, 6) is 0. The van der Waals surface area contributed by atoms with E-state index in [-0.39, 0.29) is 5.41 Å². The van der Waals surface area contributed by atoms with E-state index < -0.39 is 0 Å². The van der Waals surface area contributed by atoms with Crippen molar-refractivity contribution in [3.05, 3.63) is 0 Å². The van der Waals surface area contributed by atoms with Crippen molar-refractivity contribution in [3.63, 3.8) is 0 Å². The Bertz CT molecular complexity index is 228. The van der Waals surface area contributed by atoms with E-state index in [1.54, 1.807) is 0 Å². The van der Waals surface area contributed by atoms with Crippen molar-refractivity contribution in [2.24, 2.45) is 10.8 Å². The van der Waals surface area contributed by atoms with E-state index in [4.69, 9.17) is 5.26 Å². The van der Waals surface area contributed by atoms with Crippen LogP contribution < -0.4 is 0 Å². The summed E-state index contributed by atoms with van der Waals surface area (Å²) in [4.78, 5) is 2.31. The Morgan fingerprint density at radius 3 is 2.29 bits per heavy atom. The molecule has 2 heteroatoms. The summed E-state index contributed by atoms with van der Waals surface area (Å²) >= 11 is 0. The largest absolute Gasteiger partial charge is 0.305 e. The van der Waals surface area contributed by atoms with Gasteiger partial charge in [0.05, 0.1) is 11.5 Å². The normalized spacial score (nSPS) is 19.4. The van der Waals surface area contributed by atoms with Gasteiger partial charge < -0.3 is 4.90 Å². The molecule has 0 aromatic carbocycles. The molecule has 0 aliphatic heterocycles. The molecule has 0 radical (unpaired) electrons. The molecule has 0 saturated heterocycles. The molecule has 0 unspecified atom stereocenters. The first-order valence-electron chi connectivity index (χ1n) is 5.47. The Morgan fingerprint density at radius 1 is 1.36 bits per heavy atom. The van der Waals surface area contributed by atoms with E-state index >= 15 is 0 Å². The van der Waals surface area contributed by atoms with Crippen LogP contribution in [0.25, 0.3) is 0 Å². The summed E-state index contributed by atoms with van der Waals surface area (Å²) in [6.45, 7) is 8.85. The molecule has 14 heavy (non-hydrogen) atoms. The standard InChI is InChI=1S/C12H22N2/c1-11(2,3)7-8-14(4)10-12(9-13)5-6-12/h5-8,10H2,1-4H3. The summed E-state index contributed by atoms with van der Waals surface area (Å²) in [5, 5.41) is 8.96. The topological polar surface area (TPSA) is 27.0 Å². The molecule has 0 bridgehead atoms. The van der Waals surface area contributed by atoms with Gasteiger partial charge in [-0.2, -0.15) is 5.26 Å². The van der Waals surface area contributed by atoms with Gasteiger partial charge >= 0.3 is 0 Å². The van der Waals surface area contributed by atoms with Gasteiger partial charge in [-0.05, 0) is 38.3 Å². The fourth-order valence-corrected chi connectivity index (χ4v) is 1.58. The van der Waals surface area contributed by atoms with Crippen LogP contribution in [0.15, 0.2) is 0 Å². The van der Waals surface area contributed by atoms with Crippen molar-refractivity contribution in [3.8, 4) is 6.07 Å². The minimum absolute atomic E-state index is 0.0205. The van der Waals surface area contributed by atoms with E-state index in [9.17, 15) is 0 Å². The summed E-state index contributed by atoms with van der Waals surface area (Å²) in [6.07, 6.45) is 3.40. The molecule has 1 aliphatic rings. The minimum Gasteiger partial charge on any atom is -0.305 e. The van der Waals surface area contributed by atoms with Gasteiger partial charge in [-0.25, -0.2) is 0 Å². The number of rotatable bonds is 4. The average molecular weight is 194 g/mol. The van der Waals surface area contributed by atoms with E-state index in [1.807, 2.05) is 0 Å². The molecule has 0 aromatic rings. The maximum absolute atomic E-state index is 8.96. The zero-order chi connectivity index (χ0) is 10.8. The zero-order valence-electron chi connectivity index (χ0n) is 9.93. The highest BCUT2D eigenvalue weighted by Gasteiger charge is 2.43. The van der Waals surface area contributed by atoms with Crippen LogP contribution in [-0.2, 0) is 0 Å². The van der Waals surface area contributed by atoms with Gasteiger partial charge in [0, 0.05) is 6.54 Å². The molecule has 1 fully saturated rings. The predicted molar refractivity (Wildman–Crippen MR) is 58.8 cm³/mol. The van der Waals surface area contributed by atoms with E-state index in [1.165, 1.54) is 6.42 Å². The highest BCUT2D eigenvalue weighted by atomic mass is 15.1. The molecule has 0 aromatic heterocycles. The number of nitriles is 1. The Labute approximate surface area is 87.9 Å². The quantitative estimate of drug-likeness (QED) is 0.688. The van der Waals surface area contributed by atoms with Crippen LogP contribution >= 0.6 is 0 Å². The maximum Gasteiger partial charge on any atom is 0.0703 e. The van der Waals surface area contributed by atoms with Crippen molar-refractivity contribution in [1.29, 1.82) is 5.26 Å². The Morgan fingerprint density at radius 2 is 1.93 bits per heavy atom. The molecule has 0 heterocycles. The molecule has 0 amide bonds. The third-order valence-electron chi connectivity index (χ3n) is 2.91. The molecule has 1 saturated carbocycles. The van der Waals surface area contributed by atoms with Gasteiger partial charge in [0.15, 0.2) is 0 Å². The van der Waals surface area contributed by atoms with Crippen LogP contribution in [-0.4, -0.2) is 25.0 Å². The van der Waals surface area contributed by atoms with Crippen LogP contribution in [0.4, 0.5) is 0 Å². The number of hydrogen-bond acceptors (Lipinski definition) is 2. The first-order valence-corrected chi connectivity index (χ1v) is 5.47. The maximum atomic E-state index is 8.96. The van der Waals surface area contributed by atoms with Gasteiger partial charge in [-0.15, -0.1) is 0 Å². The first-order chi connectivity index (χ1) is 6.37. The monoisotopic (exact) mass is 194 g/mol.